The van der Waals surface area contributed by atoms with Crippen LogP contribution in [0.15, 0.2) is 108 Å². The summed E-state index contributed by atoms with van der Waals surface area (Å²) in [7, 11) is -3.43. The van der Waals surface area contributed by atoms with Gasteiger partial charge in [0, 0.05) is 23.1 Å². The average Bonchev–Trinajstić information content (AvgIpc) is 3.01. The zero-order chi connectivity index (χ0) is 31.5. The molecule has 0 aromatic heterocycles. The molecular formula is C33H35N5O5S. The van der Waals surface area contributed by atoms with Crippen molar-refractivity contribution in [2.75, 3.05) is 23.6 Å². The number of hydrogen-bond acceptors (Lipinski definition) is 7. The second-order valence-electron chi connectivity index (χ2n) is 10.0. The number of anilines is 2. The van der Waals surface area contributed by atoms with Gasteiger partial charge >= 0.3 is 12.1 Å². The molecule has 4 aromatic rings. The fraction of sp³-hybridized carbons (Fsp3) is 0.182. The third kappa shape index (κ3) is 8.92. The number of hydrazine groups is 1. The van der Waals surface area contributed by atoms with E-state index in [9.17, 15) is 18.0 Å². The lowest BCUT2D eigenvalue weighted by atomic mass is 10.1. The summed E-state index contributed by atoms with van der Waals surface area (Å²) >= 11 is 0. The lowest BCUT2D eigenvalue weighted by molar-refractivity contribution is 0.150. The number of urea groups is 1. The highest BCUT2D eigenvalue weighted by atomic mass is 32.2. The third-order valence-electron chi connectivity index (χ3n) is 6.54. The van der Waals surface area contributed by atoms with Crippen molar-refractivity contribution < 1.29 is 22.7 Å². The van der Waals surface area contributed by atoms with Gasteiger partial charge in [-0.15, -0.1) is 0 Å². The van der Waals surface area contributed by atoms with Gasteiger partial charge in [0.2, 0.25) is 0 Å². The molecule has 0 aliphatic rings. The van der Waals surface area contributed by atoms with Gasteiger partial charge < -0.3 is 10.1 Å². The van der Waals surface area contributed by atoms with Crippen molar-refractivity contribution in [1.29, 1.82) is 5.41 Å². The molecule has 0 aliphatic heterocycles. The number of amidine groups is 1. The van der Waals surface area contributed by atoms with Crippen molar-refractivity contribution in [2.45, 2.75) is 31.2 Å². The first-order valence-corrected chi connectivity index (χ1v) is 15.9. The molecule has 44 heavy (non-hydrogen) atoms. The maximum Gasteiger partial charge on any atom is 0.412 e. The summed E-state index contributed by atoms with van der Waals surface area (Å²) < 4.78 is 29.6. The number of rotatable bonds is 11. The molecule has 0 radical (unpaired) electrons. The van der Waals surface area contributed by atoms with Gasteiger partial charge in [-0.05, 0) is 47.9 Å². The van der Waals surface area contributed by atoms with Crippen LogP contribution in [-0.2, 0) is 21.1 Å². The van der Waals surface area contributed by atoms with Crippen LogP contribution in [0.4, 0.5) is 21.0 Å². The zero-order valence-corrected chi connectivity index (χ0v) is 25.4. The molecule has 0 bridgehead atoms. The number of carbonyl (C=O) groups is 2. The fourth-order valence-electron chi connectivity index (χ4n) is 4.30. The Morgan fingerprint density at radius 1 is 0.864 bits per heavy atom. The van der Waals surface area contributed by atoms with E-state index in [1.54, 1.807) is 72.8 Å². The van der Waals surface area contributed by atoms with Gasteiger partial charge in [-0.25, -0.2) is 23.0 Å². The van der Waals surface area contributed by atoms with Crippen molar-refractivity contribution in [3.63, 3.8) is 0 Å². The van der Waals surface area contributed by atoms with Crippen molar-refractivity contribution >= 4 is 39.2 Å². The summed E-state index contributed by atoms with van der Waals surface area (Å²) in [6.45, 7) is 2.48. The van der Waals surface area contributed by atoms with Crippen LogP contribution in [0.5, 0.6) is 0 Å². The van der Waals surface area contributed by atoms with Crippen molar-refractivity contribution in [3.05, 3.63) is 114 Å². The van der Waals surface area contributed by atoms with E-state index in [1.807, 2.05) is 37.3 Å². The maximum absolute atomic E-state index is 13.5. The Kier molecular flexibility index (Phi) is 10.7. The van der Waals surface area contributed by atoms with E-state index in [0.717, 1.165) is 18.4 Å². The van der Waals surface area contributed by atoms with Crippen molar-refractivity contribution in [2.24, 2.45) is 0 Å². The Balaban J connectivity index is 1.50. The quantitative estimate of drug-likeness (QED) is 0.0645. The molecular weight excluding hydrogens is 578 g/mol. The number of amides is 3. The highest BCUT2D eigenvalue weighted by molar-refractivity contribution is 7.90. The van der Waals surface area contributed by atoms with Gasteiger partial charge in [-0.3, -0.25) is 16.2 Å². The second kappa shape index (κ2) is 14.8. The minimum absolute atomic E-state index is 0.133. The van der Waals surface area contributed by atoms with Crippen LogP contribution in [0.1, 0.15) is 30.9 Å². The SMILES string of the molecule is CCCCOC(=O)NC(=N)c1cccc(NN(Cc2ccccc2)C(=O)Nc2ccc(-c3ccccc3S(C)(=O)=O)cc2)c1. The Hall–Kier alpha value is -5.16. The van der Waals surface area contributed by atoms with Crippen LogP contribution < -0.4 is 16.1 Å². The summed E-state index contributed by atoms with van der Waals surface area (Å²) in [4.78, 5) is 25.8. The van der Waals surface area contributed by atoms with E-state index in [0.29, 0.717) is 28.1 Å². The summed E-state index contributed by atoms with van der Waals surface area (Å²) in [5, 5.41) is 15.0. The molecule has 0 fully saturated rings. The highest BCUT2D eigenvalue weighted by Crippen LogP contribution is 2.28. The Morgan fingerprint density at radius 2 is 1.57 bits per heavy atom. The lowest BCUT2D eigenvalue weighted by Crippen LogP contribution is -2.39. The number of nitrogens with zero attached hydrogens (tertiary/aromatic N) is 1. The predicted molar refractivity (Wildman–Crippen MR) is 172 cm³/mol. The molecule has 0 heterocycles. The van der Waals surface area contributed by atoms with E-state index in [2.05, 4.69) is 16.1 Å². The first kappa shape index (κ1) is 31.8. The summed E-state index contributed by atoms with van der Waals surface area (Å²) in [6.07, 6.45) is 2.10. The van der Waals surface area contributed by atoms with E-state index in [1.165, 1.54) is 11.3 Å². The first-order valence-electron chi connectivity index (χ1n) is 14.1. The van der Waals surface area contributed by atoms with Gasteiger partial charge in [0.25, 0.3) is 0 Å². The van der Waals surface area contributed by atoms with Gasteiger partial charge in [-0.2, -0.15) is 0 Å². The summed E-state index contributed by atoms with van der Waals surface area (Å²) in [6, 6.07) is 29.5. The number of unbranched alkanes of at least 4 members (excludes halogenated alkanes) is 1. The molecule has 3 amide bonds. The Labute approximate surface area is 257 Å². The minimum atomic E-state index is -3.43. The standard InChI is InChI=1S/C33H35N5O5S/c1-3-4-21-43-33(40)36-31(34)26-13-10-14-28(22-26)37-38(23-24-11-6-5-7-12-24)32(39)35-27-19-17-25(18-20-27)29-15-8-9-16-30(29)44(2,41)42/h5-20,22,37H,3-4,21,23H2,1-2H3,(H,35,39)(H2,34,36,40). The van der Waals surface area contributed by atoms with Crippen LogP contribution in [0.25, 0.3) is 11.1 Å². The maximum atomic E-state index is 13.5. The normalized spacial score (nSPS) is 10.9. The van der Waals surface area contributed by atoms with E-state index >= 15 is 0 Å². The number of ether oxygens (including phenoxy) is 1. The number of sulfone groups is 1. The molecule has 0 unspecified atom stereocenters. The molecule has 4 N–H and O–H groups in total. The van der Waals surface area contributed by atoms with Crippen LogP contribution in [0.3, 0.4) is 0 Å². The van der Waals surface area contributed by atoms with Gasteiger partial charge in [0.1, 0.15) is 5.84 Å². The van der Waals surface area contributed by atoms with Crippen molar-refractivity contribution in [1.82, 2.24) is 10.3 Å². The average molecular weight is 614 g/mol. The number of alkyl carbamates (subject to hydrolysis) is 1. The number of hydrogen-bond donors (Lipinski definition) is 4. The fourth-order valence-corrected chi connectivity index (χ4v) is 5.21. The highest BCUT2D eigenvalue weighted by Gasteiger charge is 2.17. The largest absolute Gasteiger partial charge is 0.449 e. The zero-order valence-electron chi connectivity index (χ0n) is 24.5. The molecule has 10 nitrogen and oxygen atoms in total. The summed E-state index contributed by atoms with van der Waals surface area (Å²) in [5.41, 5.74) is 6.72. The monoisotopic (exact) mass is 613 g/mol. The smallest absolute Gasteiger partial charge is 0.412 e. The number of carbonyl (C=O) groups excluding carboxylic acids is 2. The second-order valence-corrected chi connectivity index (χ2v) is 12.0. The van der Waals surface area contributed by atoms with Crippen molar-refractivity contribution in [3.8, 4) is 11.1 Å². The molecule has 228 valence electrons. The summed E-state index contributed by atoms with van der Waals surface area (Å²) in [5.74, 6) is -0.133. The van der Waals surface area contributed by atoms with Crippen LogP contribution >= 0.6 is 0 Å². The minimum Gasteiger partial charge on any atom is -0.449 e. The van der Waals surface area contributed by atoms with E-state index in [4.69, 9.17) is 10.1 Å². The Bertz CT molecular complexity index is 1710. The van der Waals surface area contributed by atoms with Gasteiger partial charge in [0.15, 0.2) is 9.84 Å². The van der Waals surface area contributed by atoms with E-state index in [-0.39, 0.29) is 23.9 Å². The van der Waals surface area contributed by atoms with Crippen LogP contribution in [0, 0.1) is 5.41 Å². The van der Waals surface area contributed by atoms with Crippen LogP contribution in [0.2, 0.25) is 0 Å². The molecule has 11 heteroatoms. The first-order chi connectivity index (χ1) is 21.1. The molecule has 4 aromatic carbocycles. The number of nitrogens with one attached hydrogen (secondary N) is 4. The molecule has 4 rings (SSSR count). The van der Waals surface area contributed by atoms with Gasteiger partial charge in [-0.1, -0.05) is 86.1 Å². The Morgan fingerprint density at radius 3 is 2.27 bits per heavy atom. The molecule has 0 spiro atoms. The van der Waals surface area contributed by atoms with Crippen LogP contribution in [-0.4, -0.2) is 44.2 Å². The lowest BCUT2D eigenvalue weighted by Gasteiger charge is -2.25. The number of benzene rings is 4. The third-order valence-corrected chi connectivity index (χ3v) is 7.69. The molecule has 0 saturated carbocycles. The molecule has 0 aliphatic carbocycles. The molecule has 0 atom stereocenters. The van der Waals surface area contributed by atoms with E-state index < -0.39 is 22.0 Å². The molecule has 0 saturated heterocycles. The topological polar surface area (TPSA) is 141 Å². The predicted octanol–water partition coefficient (Wildman–Crippen LogP) is 6.67. The van der Waals surface area contributed by atoms with Gasteiger partial charge in [0.05, 0.1) is 23.7 Å².